The standard InChI is InChI=1S/C14H13NO2/c16-7-11-5-10(14-3-1-2-4-15-14)6-12-8-17-9-13(11)12/h1-6,16H,7-9H2. The first-order valence-electron chi connectivity index (χ1n) is 5.63. The fraction of sp³-hybridized carbons (Fsp3) is 0.214. The monoisotopic (exact) mass is 227 g/mol. The van der Waals surface area contributed by atoms with Gasteiger partial charge >= 0.3 is 0 Å². The topological polar surface area (TPSA) is 42.4 Å². The number of aromatic nitrogens is 1. The molecule has 1 N–H and O–H groups in total. The van der Waals surface area contributed by atoms with E-state index in [1.54, 1.807) is 6.20 Å². The third-order valence-corrected chi connectivity index (χ3v) is 3.07. The zero-order valence-electron chi connectivity index (χ0n) is 9.39. The maximum Gasteiger partial charge on any atom is 0.0728 e. The van der Waals surface area contributed by atoms with E-state index in [9.17, 15) is 5.11 Å². The number of aliphatic hydroxyl groups excluding tert-OH is 1. The van der Waals surface area contributed by atoms with Gasteiger partial charge in [0, 0.05) is 11.8 Å². The highest BCUT2D eigenvalue weighted by Gasteiger charge is 2.16. The molecule has 0 saturated carbocycles. The highest BCUT2D eigenvalue weighted by molar-refractivity contribution is 5.63. The van der Waals surface area contributed by atoms with E-state index >= 15 is 0 Å². The maximum atomic E-state index is 9.40. The SMILES string of the molecule is OCc1cc(-c2ccccn2)cc2c1COC2. The molecule has 17 heavy (non-hydrogen) atoms. The second-order valence-electron chi connectivity index (χ2n) is 4.14. The minimum Gasteiger partial charge on any atom is -0.392 e. The van der Waals surface area contributed by atoms with E-state index in [0.29, 0.717) is 13.2 Å². The molecule has 1 aliphatic rings. The summed E-state index contributed by atoms with van der Waals surface area (Å²) in [5.41, 5.74) is 5.21. The van der Waals surface area contributed by atoms with Crippen molar-refractivity contribution in [2.75, 3.05) is 0 Å². The number of aliphatic hydroxyl groups is 1. The van der Waals surface area contributed by atoms with Gasteiger partial charge in [0.2, 0.25) is 0 Å². The van der Waals surface area contributed by atoms with Gasteiger partial charge in [0.1, 0.15) is 0 Å². The molecule has 0 fully saturated rings. The molecule has 3 heteroatoms. The lowest BCUT2D eigenvalue weighted by Gasteiger charge is -2.08. The number of pyridine rings is 1. The summed E-state index contributed by atoms with van der Waals surface area (Å²) < 4.78 is 5.42. The molecule has 0 bridgehead atoms. The van der Waals surface area contributed by atoms with Crippen LogP contribution in [0.4, 0.5) is 0 Å². The maximum absolute atomic E-state index is 9.40. The van der Waals surface area contributed by atoms with Gasteiger partial charge in [0.25, 0.3) is 0 Å². The van der Waals surface area contributed by atoms with Crippen LogP contribution in [0.3, 0.4) is 0 Å². The number of benzene rings is 1. The van der Waals surface area contributed by atoms with Crippen LogP contribution in [0.2, 0.25) is 0 Å². The Bertz CT molecular complexity index is 537. The lowest BCUT2D eigenvalue weighted by Crippen LogP contribution is -1.95. The molecular weight excluding hydrogens is 214 g/mol. The van der Waals surface area contributed by atoms with Gasteiger partial charge in [0.15, 0.2) is 0 Å². The van der Waals surface area contributed by atoms with Crippen molar-refractivity contribution in [1.82, 2.24) is 4.98 Å². The second-order valence-corrected chi connectivity index (χ2v) is 4.14. The number of hydrogen-bond acceptors (Lipinski definition) is 3. The number of hydrogen-bond donors (Lipinski definition) is 1. The van der Waals surface area contributed by atoms with E-state index in [1.165, 1.54) is 0 Å². The predicted molar refractivity (Wildman–Crippen MR) is 64.1 cm³/mol. The van der Waals surface area contributed by atoms with Crippen molar-refractivity contribution in [2.45, 2.75) is 19.8 Å². The molecule has 0 amide bonds. The van der Waals surface area contributed by atoms with Crippen LogP contribution in [-0.4, -0.2) is 10.1 Å². The number of nitrogens with zero attached hydrogens (tertiary/aromatic N) is 1. The molecule has 0 atom stereocenters. The predicted octanol–water partition coefficient (Wildman–Crippen LogP) is 2.27. The van der Waals surface area contributed by atoms with Gasteiger partial charge < -0.3 is 9.84 Å². The average Bonchev–Trinajstić information content (AvgIpc) is 2.86. The largest absolute Gasteiger partial charge is 0.392 e. The number of ether oxygens (including phenoxy) is 1. The Morgan fingerprint density at radius 3 is 2.94 bits per heavy atom. The Labute approximate surface area is 99.7 Å². The van der Waals surface area contributed by atoms with Gasteiger partial charge in [-0.3, -0.25) is 4.98 Å². The first kappa shape index (κ1) is 10.4. The minimum atomic E-state index is 0.0480. The Kier molecular flexibility index (Phi) is 2.63. The van der Waals surface area contributed by atoms with Crippen LogP contribution in [0.15, 0.2) is 36.5 Å². The fourth-order valence-corrected chi connectivity index (χ4v) is 2.20. The molecule has 2 heterocycles. The highest BCUT2D eigenvalue weighted by atomic mass is 16.5. The van der Waals surface area contributed by atoms with Crippen LogP contribution < -0.4 is 0 Å². The zero-order valence-corrected chi connectivity index (χ0v) is 9.39. The van der Waals surface area contributed by atoms with Gasteiger partial charge in [0.05, 0.1) is 25.5 Å². The van der Waals surface area contributed by atoms with Crippen molar-refractivity contribution >= 4 is 0 Å². The number of fused-ring (bicyclic) bond motifs is 1. The minimum absolute atomic E-state index is 0.0480. The summed E-state index contributed by atoms with van der Waals surface area (Å²) in [6.45, 7) is 1.28. The molecule has 1 aromatic heterocycles. The molecule has 1 aromatic carbocycles. The van der Waals surface area contributed by atoms with E-state index in [4.69, 9.17) is 4.74 Å². The summed E-state index contributed by atoms with van der Waals surface area (Å²) in [4.78, 5) is 4.33. The molecule has 0 radical (unpaired) electrons. The van der Waals surface area contributed by atoms with Crippen LogP contribution in [0.1, 0.15) is 16.7 Å². The third kappa shape index (κ3) is 1.84. The van der Waals surface area contributed by atoms with E-state index < -0.39 is 0 Å². The van der Waals surface area contributed by atoms with Gasteiger partial charge in [-0.15, -0.1) is 0 Å². The van der Waals surface area contributed by atoms with Crippen LogP contribution in [0.25, 0.3) is 11.3 Å². The molecule has 3 nitrogen and oxygen atoms in total. The molecular formula is C14H13NO2. The van der Waals surface area contributed by atoms with E-state index in [2.05, 4.69) is 11.1 Å². The molecule has 0 saturated heterocycles. The Morgan fingerprint density at radius 1 is 1.24 bits per heavy atom. The quantitative estimate of drug-likeness (QED) is 0.855. The molecule has 2 aromatic rings. The Hall–Kier alpha value is -1.71. The normalized spacial score (nSPS) is 13.7. The summed E-state index contributed by atoms with van der Waals surface area (Å²) in [6.07, 6.45) is 1.78. The summed E-state index contributed by atoms with van der Waals surface area (Å²) in [7, 11) is 0. The van der Waals surface area contributed by atoms with Gasteiger partial charge in [-0.05, 0) is 41.0 Å². The summed E-state index contributed by atoms with van der Waals surface area (Å²) in [5, 5.41) is 9.40. The highest BCUT2D eigenvalue weighted by Crippen LogP contribution is 2.29. The van der Waals surface area contributed by atoms with Crippen LogP contribution in [0, 0.1) is 0 Å². The van der Waals surface area contributed by atoms with E-state index in [-0.39, 0.29) is 6.61 Å². The molecule has 0 aliphatic carbocycles. The zero-order chi connectivity index (χ0) is 11.7. The molecule has 3 rings (SSSR count). The van der Waals surface area contributed by atoms with E-state index in [0.717, 1.165) is 27.9 Å². The van der Waals surface area contributed by atoms with Crippen LogP contribution >= 0.6 is 0 Å². The van der Waals surface area contributed by atoms with Gasteiger partial charge in [-0.25, -0.2) is 0 Å². The van der Waals surface area contributed by atoms with Crippen molar-refractivity contribution in [2.24, 2.45) is 0 Å². The molecule has 0 spiro atoms. The Morgan fingerprint density at radius 2 is 2.18 bits per heavy atom. The van der Waals surface area contributed by atoms with Crippen LogP contribution in [-0.2, 0) is 24.6 Å². The van der Waals surface area contributed by atoms with Gasteiger partial charge in [-0.2, -0.15) is 0 Å². The summed E-state index contributed by atoms with van der Waals surface area (Å²) in [6, 6.07) is 9.93. The first-order chi connectivity index (χ1) is 8.38. The molecule has 0 unspecified atom stereocenters. The van der Waals surface area contributed by atoms with Crippen molar-refractivity contribution in [3.63, 3.8) is 0 Å². The lowest BCUT2D eigenvalue weighted by molar-refractivity contribution is 0.133. The van der Waals surface area contributed by atoms with E-state index in [1.807, 2.05) is 24.3 Å². The Balaban J connectivity index is 2.13. The summed E-state index contributed by atoms with van der Waals surface area (Å²) >= 11 is 0. The molecule has 1 aliphatic heterocycles. The average molecular weight is 227 g/mol. The van der Waals surface area contributed by atoms with Crippen LogP contribution in [0.5, 0.6) is 0 Å². The summed E-state index contributed by atoms with van der Waals surface area (Å²) in [5.74, 6) is 0. The second kappa shape index (κ2) is 4.28. The van der Waals surface area contributed by atoms with Gasteiger partial charge in [-0.1, -0.05) is 6.07 Å². The first-order valence-corrected chi connectivity index (χ1v) is 5.63. The molecule has 86 valence electrons. The number of rotatable bonds is 2. The fourth-order valence-electron chi connectivity index (χ4n) is 2.20. The van der Waals surface area contributed by atoms with Crippen molar-refractivity contribution < 1.29 is 9.84 Å². The third-order valence-electron chi connectivity index (χ3n) is 3.07. The van der Waals surface area contributed by atoms with Crippen molar-refractivity contribution in [3.8, 4) is 11.3 Å². The van der Waals surface area contributed by atoms with Crippen molar-refractivity contribution in [3.05, 3.63) is 53.2 Å². The lowest BCUT2D eigenvalue weighted by atomic mass is 9.98. The van der Waals surface area contributed by atoms with Crippen molar-refractivity contribution in [1.29, 1.82) is 0 Å². The smallest absolute Gasteiger partial charge is 0.0728 e.